The van der Waals surface area contributed by atoms with Crippen LogP contribution in [0.4, 0.5) is 0 Å². The second-order valence-corrected chi connectivity index (χ2v) is 3.82. The summed E-state index contributed by atoms with van der Waals surface area (Å²) in [6.07, 6.45) is 2.71. The average molecular weight is 191 g/mol. The Labute approximate surface area is 64.9 Å². The normalized spacial score (nSPS) is 9.22. The van der Waals surface area contributed by atoms with Gasteiger partial charge in [-0.25, -0.2) is 8.42 Å². The molecule has 0 aliphatic heterocycles. The molecule has 5 heteroatoms. The van der Waals surface area contributed by atoms with E-state index in [1.807, 2.05) is 0 Å². The Kier molecular flexibility index (Phi) is 8.52. The van der Waals surface area contributed by atoms with Gasteiger partial charge in [0.25, 0.3) is 0 Å². The second kappa shape index (κ2) is 6.39. The van der Waals surface area contributed by atoms with Crippen LogP contribution >= 0.6 is 22.3 Å². The molecule has 0 fully saturated rings. The molecule has 0 spiro atoms. The second-order valence-electron chi connectivity index (χ2n) is 0.994. The van der Waals surface area contributed by atoms with Crippen LogP contribution in [0, 0.1) is 0 Å². The predicted molar refractivity (Wildman–Crippen MR) is 41.6 cm³/mol. The SMILES string of the molecule is C=CCS(=O)(=O)Cl.CCl. The lowest BCUT2D eigenvalue weighted by molar-refractivity contribution is 0.612. The average Bonchev–Trinajstić information content (AvgIpc) is 1.69. The summed E-state index contributed by atoms with van der Waals surface area (Å²) in [5.74, 6) is -0.158. The summed E-state index contributed by atoms with van der Waals surface area (Å²) in [7, 11) is 1.41. The lowest BCUT2D eigenvalue weighted by atomic mass is 10.8. The summed E-state index contributed by atoms with van der Waals surface area (Å²) in [6.45, 7) is 3.18. The molecule has 0 amide bonds. The molecule has 0 radical (unpaired) electrons. The van der Waals surface area contributed by atoms with Gasteiger partial charge in [-0.3, -0.25) is 0 Å². The maximum absolute atomic E-state index is 9.93. The van der Waals surface area contributed by atoms with Gasteiger partial charge in [-0.2, -0.15) is 0 Å². The first kappa shape index (κ1) is 12.0. The van der Waals surface area contributed by atoms with Gasteiger partial charge < -0.3 is 0 Å². The van der Waals surface area contributed by atoms with Gasteiger partial charge in [-0.1, -0.05) is 6.08 Å². The number of alkyl halides is 1. The number of hydrogen-bond donors (Lipinski definition) is 0. The van der Waals surface area contributed by atoms with Crippen molar-refractivity contribution in [3.63, 3.8) is 0 Å². The Hall–Kier alpha value is 0.270. The molecule has 0 heterocycles. The first-order valence-corrected chi connectivity index (χ1v) is 5.21. The van der Waals surface area contributed by atoms with Crippen LogP contribution in [-0.4, -0.2) is 20.6 Å². The van der Waals surface area contributed by atoms with Crippen molar-refractivity contribution < 1.29 is 8.42 Å². The lowest BCUT2D eigenvalue weighted by Gasteiger charge is -1.79. The summed E-state index contributed by atoms with van der Waals surface area (Å²) >= 11 is 4.64. The van der Waals surface area contributed by atoms with E-state index in [0.29, 0.717) is 0 Å². The quantitative estimate of drug-likeness (QED) is 0.377. The van der Waals surface area contributed by atoms with E-state index in [2.05, 4.69) is 18.2 Å². The fourth-order valence-corrected chi connectivity index (χ4v) is 0.690. The van der Waals surface area contributed by atoms with E-state index in [1.165, 1.54) is 12.5 Å². The maximum atomic E-state index is 9.93. The van der Waals surface area contributed by atoms with E-state index < -0.39 is 9.05 Å². The predicted octanol–water partition coefficient (Wildman–Crippen LogP) is 1.60. The largest absolute Gasteiger partial charge is 0.236 e. The molecule has 0 bridgehead atoms. The molecule has 0 aromatic rings. The van der Waals surface area contributed by atoms with Gasteiger partial charge in [0.15, 0.2) is 0 Å². The molecule has 56 valence electrons. The Morgan fingerprint density at radius 3 is 1.89 bits per heavy atom. The van der Waals surface area contributed by atoms with Crippen LogP contribution in [0.15, 0.2) is 12.7 Å². The summed E-state index contributed by atoms with van der Waals surface area (Å²) in [5, 5.41) is 0. The third kappa shape index (κ3) is 17.8. The smallest absolute Gasteiger partial charge is 0.212 e. The molecule has 0 aromatic heterocycles. The standard InChI is InChI=1S/C3H5ClO2S.CH3Cl/c1-2-3-7(4,5)6;1-2/h2H,1,3H2;1H3. The van der Waals surface area contributed by atoms with E-state index in [9.17, 15) is 8.42 Å². The van der Waals surface area contributed by atoms with Crippen LogP contribution in [0.1, 0.15) is 0 Å². The molecular formula is C4H8Cl2O2S. The summed E-state index contributed by atoms with van der Waals surface area (Å²) in [4.78, 5) is 0. The van der Waals surface area contributed by atoms with E-state index in [-0.39, 0.29) is 5.75 Å². The number of halogens is 2. The highest BCUT2D eigenvalue weighted by Crippen LogP contribution is 1.93. The fraction of sp³-hybridized carbons (Fsp3) is 0.500. The highest BCUT2D eigenvalue weighted by Gasteiger charge is 1.97. The minimum Gasteiger partial charge on any atom is -0.212 e. The monoisotopic (exact) mass is 190 g/mol. The molecule has 0 N–H and O–H groups in total. The van der Waals surface area contributed by atoms with Gasteiger partial charge in [0, 0.05) is 17.1 Å². The van der Waals surface area contributed by atoms with Crippen molar-refractivity contribution in [2.45, 2.75) is 0 Å². The summed E-state index contributed by atoms with van der Waals surface area (Å²) < 4.78 is 19.9. The van der Waals surface area contributed by atoms with Crippen molar-refractivity contribution in [3.05, 3.63) is 12.7 Å². The first-order valence-electron chi connectivity index (χ1n) is 1.97. The van der Waals surface area contributed by atoms with Crippen molar-refractivity contribution in [1.29, 1.82) is 0 Å². The minimum absolute atomic E-state index is 0.158. The molecule has 0 saturated heterocycles. The first-order chi connectivity index (χ1) is 4.06. The summed E-state index contributed by atoms with van der Waals surface area (Å²) in [5.41, 5.74) is 0. The zero-order valence-corrected chi connectivity index (χ0v) is 7.30. The highest BCUT2D eigenvalue weighted by atomic mass is 35.7. The Morgan fingerprint density at radius 2 is 1.89 bits per heavy atom. The van der Waals surface area contributed by atoms with Gasteiger partial charge in [-0.05, 0) is 0 Å². The zero-order valence-electron chi connectivity index (χ0n) is 4.97. The van der Waals surface area contributed by atoms with Crippen molar-refractivity contribution >= 4 is 31.3 Å². The topological polar surface area (TPSA) is 34.1 Å². The molecule has 9 heavy (non-hydrogen) atoms. The third-order valence-electron chi connectivity index (χ3n) is 0.317. The molecular weight excluding hydrogens is 183 g/mol. The zero-order chi connectivity index (χ0) is 7.91. The van der Waals surface area contributed by atoms with E-state index in [0.717, 1.165) is 0 Å². The molecule has 0 saturated carbocycles. The number of hydrogen-bond acceptors (Lipinski definition) is 2. The maximum Gasteiger partial charge on any atom is 0.236 e. The Balaban J connectivity index is 0. The van der Waals surface area contributed by atoms with Crippen LogP contribution < -0.4 is 0 Å². The minimum atomic E-state index is -3.32. The third-order valence-corrected chi connectivity index (χ3v) is 1.33. The Morgan fingerprint density at radius 1 is 1.56 bits per heavy atom. The van der Waals surface area contributed by atoms with Crippen molar-refractivity contribution in [3.8, 4) is 0 Å². The highest BCUT2D eigenvalue weighted by molar-refractivity contribution is 8.13. The van der Waals surface area contributed by atoms with Gasteiger partial charge >= 0.3 is 0 Å². The van der Waals surface area contributed by atoms with E-state index in [1.54, 1.807) is 0 Å². The Bertz CT molecular complexity index is 150. The number of rotatable bonds is 2. The molecule has 0 aliphatic rings. The van der Waals surface area contributed by atoms with Gasteiger partial charge in [0.05, 0.1) is 5.75 Å². The van der Waals surface area contributed by atoms with Gasteiger partial charge in [-0.15, -0.1) is 18.2 Å². The van der Waals surface area contributed by atoms with Crippen molar-refractivity contribution in [1.82, 2.24) is 0 Å². The molecule has 0 aliphatic carbocycles. The molecule has 0 unspecified atom stereocenters. The molecule has 0 atom stereocenters. The molecule has 0 rings (SSSR count). The van der Waals surface area contributed by atoms with Crippen LogP contribution in [0.5, 0.6) is 0 Å². The van der Waals surface area contributed by atoms with Crippen LogP contribution in [0.2, 0.25) is 0 Å². The molecule has 2 nitrogen and oxygen atoms in total. The van der Waals surface area contributed by atoms with E-state index >= 15 is 0 Å². The van der Waals surface area contributed by atoms with E-state index in [4.69, 9.17) is 10.7 Å². The van der Waals surface area contributed by atoms with Crippen LogP contribution in [0.3, 0.4) is 0 Å². The fourth-order valence-electron chi connectivity index (χ4n) is 0.141. The van der Waals surface area contributed by atoms with Gasteiger partial charge in [0.1, 0.15) is 0 Å². The van der Waals surface area contributed by atoms with Gasteiger partial charge in [0.2, 0.25) is 9.05 Å². The van der Waals surface area contributed by atoms with Crippen LogP contribution in [-0.2, 0) is 9.05 Å². The summed E-state index contributed by atoms with van der Waals surface area (Å²) in [6, 6.07) is 0. The van der Waals surface area contributed by atoms with Crippen LogP contribution in [0.25, 0.3) is 0 Å². The van der Waals surface area contributed by atoms with Crippen molar-refractivity contribution in [2.75, 3.05) is 12.1 Å². The lowest BCUT2D eigenvalue weighted by Crippen LogP contribution is -1.90. The molecule has 0 aromatic carbocycles. The van der Waals surface area contributed by atoms with Crippen molar-refractivity contribution in [2.24, 2.45) is 0 Å².